The molecule has 0 spiro atoms. The molecule has 0 saturated carbocycles. The van der Waals surface area contributed by atoms with Crippen molar-refractivity contribution in [2.75, 3.05) is 36.8 Å². The molecule has 5 rings (SSSR count). The van der Waals surface area contributed by atoms with Gasteiger partial charge < -0.3 is 20.6 Å². The van der Waals surface area contributed by atoms with Crippen LogP contribution >= 0.6 is 22.9 Å². The molecule has 0 radical (unpaired) electrons. The van der Waals surface area contributed by atoms with Crippen LogP contribution in [0, 0.1) is 0 Å². The zero-order chi connectivity index (χ0) is 28.3. The number of likely N-dealkylation sites (tertiary alicyclic amines) is 1. The number of pyridine rings is 1. The fraction of sp³-hybridized carbons (Fsp3) is 0.259. The van der Waals surface area contributed by atoms with Crippen molar-refractivity contribution in [2.24, 2.45) is 0 Å². The van der Waals surface area contributed by atoms with Crippen molar-refractivity contribution in [3.8, 4) is 11.6 Å². The van der Waals surface area contributed by atoms with Crippen LogP contribution in [0.3, 0.4) is 0 Å². The van der Waals surface area contributed by atoms with E-state index < -0.39 is 21.6 Å². The molecule has 1 saturated heterocycles. The van der Waals surface area contributed by atoms with Crippen LogP contribution in [0.2, 0.25) is 4.34 Å². The van der Waals surface area contributed by atoms with Gasteiger partial charge in [0.15, 0.2) is 0 Å². The van der Waals surface area contributed by atoms with Crippen molar-refractivity contribution < 1.29 is 18.3 Å². The molecule has 3 heterocycles. The Kier molecular flexibility index (Phi) is 8.31. The molecule has 2 aromatic heterocycles. The lowest BCUT2D eigenvalue weighted by atomic mass is 10.1. The first-order valence-electron chi connectivity index (χ1n) is 12.7. The molecule has 10 nitrogen and oxygen atoms in total. The highest BCUT2D eigenvalue weighted by atomic mass is 35.5. The Morgan fingerprint density at radius 1 is 1.00 bits per heavy atom. The van der Waals surface area contributed by atoms with Gasteiger partial charge in [-0.2, -0.15) is 0 Å². The molecule has 13 heteroatoms. The summed E-state index contributed by atoms with van der Waals surface area (Å²) in [5, 5.41) is 17.9. The molecule has 4 aromatic rings. The number of urea groups is 1. The molecule has 1 aliphatic heterocycles. The molecule has 40 heavy (non-hydrogen) atoms. The van der Waals surface area contributed by atoms with Gasteiger partial charge in [-0.15, -0.1) is 11.3 Å². The molecule has 1 aliphatic rings. The molecule has 0 atom stereocenters. The van der Waals surface area contributed by atoms with Crippen LogP contribution in [-0.4, -0.2) is 55.2 Å². The van der Waals surface area contributed by atoms with E-state index >= 15 is 0 Å². The first-order valence-corrected chi connectivity index (χ1v) is 15.4. The fourth-order valence-corrected chi connectivity index (χ4v) is 7.06. The van der Waals surface area contributed by atoms with Gasteiger partial charge in [0.25, 0.3) is 15.6 Å². The predicted octanol–water partition coefficient (Wildman–Crippen LogP) is 4.82. The third-order valence-electron chi connectivity index (χ3n) is 6.61. The van der Waals surface area contributed by atoms with Crippen molar-refractivity contribution >= 4 is 61.1 Å². The molecule has 4 N–H and O–H groups in total. The fourth-order valence-electron chi connectivity index (χ4n) is 4.67. The minimum Gasteiger partial charge on any atom is -0.494 e. The van der Waals surface area contributed by atoms with Crippen molar-refractivity contribution in [1.82, 2.24) is 14.2 Å². The van der Waals surface area contributed by atoms with E-state index in [0.717, 1.165) is 36.5 Å². The van der Waals surface area contributed by atoms with Gasteiger partial charge in [-0.05, 0) is 98.9 Å². The zero-order valence-corrected chi connectivity index (χ0v) is 23.8. The number of anilines is 2. The van der Waals surface area contributed by atoms with E-state index in [9.17, 15) is 23.1 Å². The number of aromatic hydroxyl groups is 1. The van der Waals surface area contributed by atoms with Gasteiger partial charge >= 0.3 is 6.03 Å². The average molecular weight is 602 g/mol. The summed E-state index contributed by atoms with van der Waals surface area (Å²) in [4.78, 5) is 27.7. The Labute approximate surface area is 240 Å². The standard InChI is InChI=1S/C27H28ClN5O5S2/c28-23-10-11-25(39-23)40(37,38)31-27(36)30-19-4-7-21(8-5-19)33-24(34)17-18-16-20(6-9-22(18)26(33)35)29-12-3-15-32-13-1-2-14-32/h4-11,16-17,29,35H,1-3,12-15H2,(H2,30,31,36). The van der Waals surface area contributed by atoms with Crippen LogP contribution in [-0.2, 0) is 10.0 Å². The Morgan fingerprint density at radius 3 is 2.42 bits per heavy atom. The van der Waals surface area contributed by atoms with E-state index in [1.165, 1.54) is 73.0 Å². The normalized spacial score (nSPS) is 13.9. The highest BCUT2D eigenvalue weighted by Crippen LogP contribution is 2.28. The number of halogens is 1. The second-order valence-corrected chi connectivity index (χ2v) is 13.1. The minimum atomic E-state index is -4.07. The quantitative estimate of drug-likeness (QED) is 0.202. The zero-order valence-electron chi connectivity index (χ0n) is 21.4. The van der Waals surface area contributed by atoms with Gasteiger partial charge in [-0.3, -0.25) is 4.79 Å². The SMILES string of the molecule is O=C(Nc1ccc(-n2c(O)c3ccc(NCCCN4CCCC4)cc3cc2=O)cc1)NS(=O)(=O)c1ccc(Cl)s1. The van der Waals surface area contributed by atoms with Gasteiger partial charge in [0, 0.05) is 29.4 Å². The number of carbonyl (C=O) groups excluding carboxylic acids is 1. The Balaban J connectivity index is 1.25. The van der Waals surface area contributed by atoms with Crippen LogP contribution in [0.4, 0.5) is 16.2 Å². The number of fused-ring (bicyclic) bond motifs is 1. The smallest absolute Gasteiger partial charge is 0.333 e. The molecule has 210 valence electrons. The Hall–Kier alpha value is -3.58. The number of carbonyl (C=O) groups is 1. The van der Waals surface area contributed by atoms with Crippen LogP contribution in [0.25, 0.3) is 16.5 Å². The number of hydrogen-bond acceptors (Lipinski definition) is 8. The lowest BCUT2D eigenvalue weighted by Crippen LogP contribution is -2.33. The van der Waals surface area contributed by atoms with Gasteiger partial charge in [-0.25, -0.2) is 22.5 Å². The summed E-state index contributed by atoms with van der Waals surface area (Å²) in [7, 11) is -4.07. The van der Waals surface area contributed by atoms with E-state index in [2.05, 4.69) is 15.5 Å². The molecular formula is C27H28ClN5O5S2. The van der Waals surface area contributed by atoms with Gasteiger partial charge in [-0.1, -0.05) is 11.6 Å². The molecule has 0 aliphatic carbocycles. The highest BCUT2D eigenvalue weighted by molar-refractivity contribution is 7.92. The van der Waals surface area contributed by atoms with Gasteiger partial charge in [0.05, 0.1) is 10.0 Å². The van der Waals surface area contributed by atoms with Crippen molar-refractivity contribution in [3.05, 3.63) is 75.4 Å². The van der Waals surface area contributed by atoms with E-state index in [1.54, 1.807) is 6.07 Å². The first kappa shape index (κ1) is 28.0. The highest BCUT2D eigenvalue weighted by Gasteiger charge is 2.20. The molecule has 2 amide bonds. The third-order valence-corrected chi connectivity index (χ3v) is 9.66. The van der Waals surface area contributed by atoms with Crippen LogP contribution in [0.15, 0.2) is 69.7 Å². The molecule has 1 fully saturated rings. The van der Waals surface area contributed by atoms with E-state index in [1.807, 2.05) is 16.9 Å². The predicted molar refractivity (Wildman–Crippen MR) is 159 cm³/mol. The average Bonchev–Trinajstić information content (AvgIpc) is 3.59. The second-order valence-electron chi connectivity index (χ2n) is 9.44. The second kappa shape index (κ2) is 11.9. The maximum atomic E-state index is 13.0. The number of nitrogens with zero attached hydrogens (tertiary/aromatic N) is 2. The topological polar surface area (TPSA) is 133 Å². The summed E-state index contributed by atoms with van der Waals surface area (Å²) in [5.41, 5.74) is 1.12. The van der Waals surface area contributed by atoms with Crippen LogP contribution < -0.4 is 20.9 Å². The van der Waals surface area contributed by atoms with E-state index in [0.29, 0.717) is 16.5 Å². The van der Waals surface area contributed by atoms with Crippen molar-refractivity contribution in [2.45, 2.75) is 23.5 Å². The summed E-state index contributed by atoms with van der Waals surface area (Å²) in [5.74, 6) is -0.206. The number of nitrogens with one attached hydrogen (secondary N) is 3. The summed E-state index contributed by atoms with van der Waals surface area (Å²) in [6, 6.07) is 14.8. The van der Waals surface area contributed by atoms with Gasteiger partial charge in [0.2, 0.25) is 5.88 Å². The summed E-state index contributed by atoms with van der Waals surface area (Å²) >= 11 is 6.61. The third kappa shape index (κ3) is 6.41. The number of aromatic nitrogens is 1. The molecule has 2 aromatic carbocycles. The lowest BCUT2D eigenvalue weighted by Gasteiger charge is -2.15. The maximum Gasteiger partial charge on any atom is 0.333 e. The van der Waals surface area contributed by atoms with E-state index in [-0.39, 0.29) is 20.1 Å². The molecule has 0 unspecified atom stereocenters. The number of rotatable bonds is 9. The first-order chi connectivity index (χ1) is 19.2. The summed E-state index contributed by atoms with van der Waals surface area (Å²) in [6.07, 6.45) is 3.57. The monoisotopic (exact) mass is 601 g/mol. The van der Waals surface area contributed by atoms with Crippen LogP contribution in [0.5, 0.6) is 5.88 Å². The Bertz CT molecular complexity index is 1700. The Morgan fingerprint density at radius 2 is 1.73 bits per heavy atom. The minimum absolute atomic E-state index is 0.0884. The number of thiophene rings is 1. The number of hydrogen-bond donors (Lipinski definition) is 4. The largest absolute Gasteiger partial charge is 0.494 e. The molecular weight excluding hydrogens is 574 g/mol. The number of benzene rings is 2. The maximum absolute atomic E-state index is 13.0. The number of sulfonamides is 1. The van der Waals surface area contributed by atoms with Crippen molar-refractivity contribution in [1.29, 1.82) is 0 Å². The summed E-state index contributed by atoms with van der Waals surface area (Å²) < 4.78 is 27.9. The van der Waals surface area contributed by atoms with Crippen molar-refractivity contribution in [3.63, 3.8) is 0 Å². The summed E-state index contributed by atoms with van der Waals surface area (Å²) in [6.45, 7) is 4.23. The molecule has 0 bridgehead atoms. The number of amides is 2. The lowest BCUT2D eigenvalue weighted by molar-refractivity contribution is 0.256. The van der Waals surface area contributed by atoms with Crippen LogP contribution in [0.1, 0.15) is 19.3 Å². The van der Waals surface area contributed by atoms with E-state index in [4.69, 9.17) is 11.6 Å². The van der Waals surface area contributed by atoms with Gasteiger partial charge in [0.1, 0.15) is 4.21 Å².